The van der Waals surface area contributed by atoms with Gasteiger partial charge in [0.2, 0.25) is 0 Å². The standard InChI is InChI=1S/C17H23NO3/c1-9-5-6-12(15(19)18-9)16(20)21-14-8-11-7-13(10(14)2)17(11,3)4/h5-6,10-11,13-14H,7-8H2,1-4H3,(H,18,19)/t10-,11+,13-,14-/m0/s1. The molecule has 2 bridgehead atoms. The molecule has 1 aromatic rings. The number of H-pyrrole nitrogens is 1. The lowest BCUT2D eigenvalue weighted by atomic mass is 9.45. The lowest BCUT2D eigenvalue weighted by Gasteiger charge is -2.61. The van der Waals surface area contributed by atoms with E-state index in [4.69, 9.17) is 4.74 Å². The smallest absolute Gasteiger partial charge is 0.344 e. The molecule has 1 N–H and O–H groups in total. The molecule has 4 rings (SSSR count). The summed E-state index contributed by atoms with van der Waals surface area (Å²) in [7, 11) is 0. The van der Waals surface area contributed by atoms with Gasteiger partial charge in [-0.3, -0.25) is 4.79 Å². The van der Waals surface area contributed by atoms with Gasteiger partial charge in [0, 0.05) is 5.69 Å². The number of carbonyl (C=O) groups excluding carboxylic acids is 1. The zero-order chi connectivity index (χ0) is 15.4. The summed E-state index contributed by atoms with van der Waals surface area (Å²) in [6, 6.07) is 3.28. The number of carbonyl (C=O) groups is 1. The van der Waals surface area contributed by atoms with Crippen LogP contribution in [-0.2, 0) is 4.74 Å². The van der Waals surface area contributed by atoms with Crippen LogP contribution in [0, 0.1) is 30.1 Å². The molecule has 3 fully saturated rings. The summed E-state index contributed by atoms with van der Waals surface area (Å²) in [6.45, 7) is 8.57. The molecule has 4 nitrogen and oxygen atoms in total. The second-order valence-corrected chi connectivity index (χ2v) is 7.28. The fourth-order valence-corrected chi connectivity index (χ4v) is 4.19. The summed E-state index contributed by atoms with van der Waals surface area (Å²) in [6.07, 6.45) is 2.10. The third kappa shape index (κ3) is 2.21. The Balaban J connectivity index is 1.73. The average molecular weight is 289 g/mol. The van der Waals surface area contributed by atoms with Crippen molar-refractivity contribution >= 4 is 5.97 Å². The number of ether oxygens (including phenoxy) is 1. The average Bonchev–Trinajstić information content (AvgIpc) is 2.40. The van der Waals surface area contributed by atoms with E-state index in [9.17, 15) is 9.59 Å². The molecule has 114 valence electrons. The molecule has 3 aliphatic carbocycles. The van der Waals surface area contributed by atoms with Gasteiger partial charge in [0.1, 0.15) is 11.7 Å². The second-order valence-electron chi connectivity index (χ2n) is 7.28. The van der Waals surface area contributed by atoms with Gasteiger partial charge in [-0.1, -0.05) is 20.8 Å². The number of nitrogens with one attached hydrogen (secondary N) is 1. The second kappa shape index (κ2) is 4.72. The Morgan fingerprint density at radius 2 is 2.05 bits per heavy atom. The van der Waals surface area contributed by atoms with Crippen molar-refractivity contribution in [2.45, 2.75) is 46.6 Å². The summed E-state index contributed by atoms with van der Waals surface area (Å²) in [5.74, 6) is 1.11. The summed E-state index contributed by atoms with van der Waals surface area (Å²) >= 11 is 0. The first-order valence-electron chi connectivity index (χ1n) is 7.71. The molecule has 21 heavy (non-hydrogen) atoms. The zero-order valence-electron chi connectivity index (χ0n) is 13.1. The SMILES string of the molecule is Cc1ccc(C(=O)O[C@H]2C[C@H]3C[C@@H]([C@@H]2C)C3(C)C)c(=O)[nH]1. The van der Waals surface area contributed by atoms with Gasteiger partial charge in [0.15, 0.2) is 0 Å². The van der Waals surface area contributed by atoms with Crippen LogP contribution in [0.15, 0.2) is 16.9 Å². The predicted molar refractivity (Wildman–Crippen MR) is 80.2 cm³/mol. The van der Waals surface area contributed by atoms with E-state index in [0.717, 1.165) is 12.1 Å². The van der Waals surface area contributed by atoms with Crippen molar-refractivity contribution in [3.63, 3.8) is 0 Å². The molecule has 0 aromatic carbocycles. The third-order valence-corrected chi connectivity index (χ3v) is 5.82. The first kappa shape index (κ1) is 14.4. The lowest BCUT2D eigenvalue weighted by Crippen LogP contribution is -2.57. The highest BCUT2D eigenvalue weighted by Gasteiger charge is 2.57. The van der Waals surface area contributed by atoms with Crippen LogP contribution in [0.25, 0.3) is 0 Å². The molecule has 4 heteroatoms. The molecule has 0 amide bonds. The van der Waals surface area contributed by atoms with Crippen LogP contribution >= 0.6 is 0 Å². The van der Waals surface area contributed by atoms with Gasteiger partial charge in [-0.05, 0) is 55.1 Å². The molecule has 0 saturated heterocycles. The van der Waals surface area contributed by atoms with Crippen LogP contribution in [0.1, 0.15) is 49.7 Å². The third-order valence-electron chi connectivity index (χ3n) is 5.82. The number of fused-ring (bicyclic) bond motifs is 2. The van der Waals surface area contributed by atoms with Crippen molar-refractivity contribution in [2.75, 3.05) is 0 Å². The maximum absolute atomic E-state index is 12.2. The normalized spacial score (nSPS) is 33.1. The molecule has 3 saturated carbocycles. The molecule has 1 aromatic heterocycles. The van der Waals surface area contributed by atoms with Crippen molar-refractivity contribution in [3.05, 3.63) is 33.7 Å². The number of esters is 1. The number of pyridine rings is 1. The van der Waals surface area contributed by atoms with Crippen molar-refractivity contribution < 1.29 is 9.53 Å². The topological polar surface area (TPSA) is 59.2 Å². The molecule has 4 atom stereocenters. The molecular formula is C17H23NO3. The number of hydrogen-bond acceptors (Lipinski definition) is 3. The number of rotatable bonds is 2. The Morgan fingerprint density at radius 1 is 1.33 bits per heavy atom. The Kier molecular flexibility index (Phi) is 3.23. The van der Waals surface area contributed by atoms with Crippen LogP contribution in [-0.4, -0.2) is 17.1 Å². The maximum atomic E-state index is 12.2. The summed E-state index contributed by atoms with van der Waals surface area (Å²) in [5, 5.41) is 0. The van der Waals surface area contributed by atoms with E-state index in [1.807, 2.05) is 0 Å². The van der Waals surface area contributed by atoms with E-state index >= 15 is 0 Å². The van der Waals surface area contributed by atoms with Crippen molar-refractivity contribution in [3.8, 4) is 0 Å². The fourth-order valence-electron chi connectivity index (χ4n) is 4.19. The van der Waals surface area contributed by atoms with E-state index in [2.05, 4.69) is 25.8 Å². The molecule has 1 heterocycles. The van der Waals surface area contributed by atoms with Gasteiger partial charge >= 0.3 is 5.97 Å². The van der Waals surface area contributed by atoms with Crippen molar-refractivity contribution in [1.29, 1.82) is 0 Å². The van der Waals surface area contributed by atoms with Gasteiger partial charge in [-0.2, -0.15) is 0 Å². The molecule has 0 aliphatic heterocycles. The van der Waals surface area contributed by atoms with Gasteiger partial charge < -0.3 is 9.72 Å². The van der Waals surface area contributed by atoms with Gasteiger partial charge in [-0.15, -0.1) is 0 Å². The van der Waals surface area contributed by atoms with E-state index < -0.39 is 5.97 Å². The number of hydrogen-bond donors (Lipinski definition) is 1. The van der Waals surface area contributed by atoms with E-state index in [0.29, 0.717) is 23.2 Å². The highest BCUT2D eigenvalue weighted by molar-refractivity contribution is 5.89. The molecule has 0 spiro atoms. The fraction of sp³-hybridized carbons (Fsp3) is 0.647. The Labute approximate surface area is 124 Å². The van der Waals surface area contributed by atoms with E-state index in [-0.39, 0.29) is 17.2 Å². The van der Waals surface area contributed by atoms with Crippen LogP contribution in [0.5, 0.6) is 0 Å². The number of aromatic amines is 1. The minimum absolute atomic E-state index is 0.0602. The first-order valence-corrected chi connectivity index (χ1v) is 7.71. The summed E-state index contributed by atoms with van der Waals surface area (Å²) in [4.78, 5) is 26.7. The number of aromatic nitrogens is 1. The Bertz CT molecular complexity index is 631. The lowest BCUT2D eigenvalue weighted by molar-refractivity contribution is -0.156. The Morgan fingerprint density at radius 3 is 2.62 bits per heavy atom. The minimum atomic E-state index is -0.493. The van der Waals surface area contributed by atoms with Crippen LogP contribution in [0.3, 0.4) is 0 Å². The maximum Gasteiger partial charge on any atom is 0.344 e. The van der Waals surface area contributed by atoms with Crippen LogP contribution < -0.4 is 5.56 Å². The molecule has 0 radical (unpaired) electrons. The van der Waals surface area contributed by atoms with E-state index in [1.165, 1.54) is 6.42 Å². The van der Waals surface area contributed by atoms with Crippen molar-refractivity contribution in [2.24, 2.45) is 23.2 Å². The quantitative estimate of drug-likeness (QED) is 0.852. The van der Waals surface area contributed by atoms with Gasteiger partial charge in [0.25, 0.3) is 5.56 Å². The molecule has 0 unspecified atom stereocenters. The molecule has 3 aliphatic rings. The largest absolute Gasteiger partial charge is 0.458 e. The van der Waals surface area contributed by atoms with Crippen molar-refractivity contribution in [1.82, 2.24) is 4.98 Å². The summed E-state index contributed by atoms with van der Waals surface area (Å²) in [5.41, 5.74) is 0.842. The molecular weight excluding hydrogens is 266 g/mol. The van der Waals surface area contributed by atoms with Gasteiger partial charge in [0.05, 0.1) is 0 Å². The van der Waals surface area contributed by atoms with Gasteiger partial charge in [-0.25, -0.2) is 4.79 Å². The highest BCUT2D eigenvalue weighted by atomic mass is 16.5. The minimum Gasteiger partial charge on any atom is -0.458 e. The zero-order valence-corrected chi connectivity index (χ0v) is 13.1. The Hall–Kier alpha value is -1.58. The number of aryl methyl sites for hydroxylation is 1. The van der Waals surface area contributed by atoms with E-state index in [1.54, 1.807) is 19.1 Å². The highest BCUT2D eigenvalue weighted by Crippen LogP contribution is 2.61. The monoisotopic (exact) mass is 289 g/mol. The first-order chi connectivity index (χ1) is 9.80. The summed E-state index contributed by atoms with van der Waals surface area (Å²) < 4.78 is 5.65. The van der Waals surface area contributed by atoms with Crippen LogP contribution in [0.4, 0.5) is 0 Å². The predicted octanol–water partition coefficient (Wildman–Crippen LogP) is 2.91. The van der Waals surface area contributed by atoms with Crippen LogP contribution in [0.2, 0.25) is 0 Å².